The lowest BCUT2D eigenvalue weighted by Gasteiger charge is -2.06. The molecule has 7 heteroatoms. The summed E-state index contributed by atoms with van der Waals surface area (Å²) in [4.78, 5) is 0.157. The molecule has 0 amide bonds. The van der Waals surface area contributed by atoms with Crippen LogP contribution in [0.5, 0.6) is 0 Å². The monoisotopic (exact) mass is 474 g/mol. The summed E-state index contributed by atoms with van der Waals surface area (Å²) >= 11 is 5.91. The predicted octanol–water partition coefficient (Wildman–Crippen LogP) is 4.88. The van der Waals surface area contributed by atoms with Gasteiger partial charge in [0.2, 0.25) is 0 Å². The smallest absolute Gasteiger partial charge is 0.183 e. The normalized spacial score (nSPS) is 21.1. The number of hydrogen-bond acceptors (Lipinski definition) is 4. The summed E-state index contributed by atoms with van der Waals surface area (Å²) in [5.74, 6) is -0.818. The van der Waals surface area contributed by atoms with Crippen LogP contribution in [0, 0.1) is 13.8 Å². The van der Waals surface area contributed by atoms with E-state index < -0.39 is 36.1 Å². The Hall–Kier alpha value is -2.15. The van der Waals surface area contributed by atoms with Crippen molar-refractivity contribution in [3.05, 3.63) is 100 Å². The largest absolute Gasteiger partial charge is 0.228 e. The fourth-order valence-electron chi connectivity index (χ4n) is 4.02. The quantitative estimate of drug-likeness (QED) is 0.510. The van der Waals surface area contributed by atoms with Crippen LogP contribution in [0.3, 0.4) is 0 Å². The van der Waals surface area contributed by atoms with Gasteiger partial charge < -0.3 is 0 Å². The average molecular weight is 475 g/mol. The molecule has 0 N–H and O–H groups in total. The minimum Gasteiger partial charge on any atom is -0.228 e. The first-order valence-corrected chi connectivity index (χ1v) is 13.6. The van der Waals surface area contributed by atoms with Gasteiger partial charge in [0.1, 0.15) is 0 Å². The predicted molar refractivity (Wildman–Crippen MR) is 124 cm³/mol. The molecule has 4 nitrogen and oxygen atoms in total. The number of rotatable bonds is 6. The summed E-state index contributed by atoms with van der Waals surface area (Å²) in [6.07, 6.45) is 0. The van der Waals surface area contributed by atoms with Crippen LogP contribution < -0.4 is 0 Å². The van der Waals surface area contributed by atoms with Crippen LogP contribution in [-0.2, 0) is 25.4 Å². The van der Waals surface area contributed by atoms with Gasteiger partial charge in [0, 0.05) is 10.9 Å². The number of benzene rings is 3. The first kappa shape index (κ1) is 22.1. The lowest BCUT2D eigenvalue weighted by Crippen LogP contribution is -2.19. The SMILES string of the molecule is Cc1ccc([C@H]2C(S(=O)(=O)c3ccc(C)cc3)[C@@H]2S(=O)(=O)Cc2ccc(Cl)cc2)cc1. The molecule has 4 rings (SSSR count). The van der Waals surface area contributed by atoms with Crippen molar-refractivity contribution in [3.8, 4) is 0 Å². The third-order valence-corrected chi connectivity index (χ3v) is 10.6. The van der Waals surface area contributed by atoms with Crippen molar-refractivity contribution in [2.24, 2.45) is 0 Å². The van der Waals surface area contributed by atoms with E-state index in [9.17, 15) is 16.8 Å². The lowest BCUT2D eigenvalue weighted by molar-refractivity contribution is 0.586. The Bertz CT molecular complexity index is 1300. The maximum atomic E-state index is 13.4. The van der Waals surface area contributed by atoms with Gasteiger partial charge in [-0.3, -0.25) is 0 Å². The van der Waals surface area contributed by atoms with E-state index in [4.69, 9.17) is 11.6 Å². The fourth-order valence-corrected chi connectivity index (χ4v) is 9.27. The van der Waals surface area contributed by atoms with Gasteiger partial charge in [-0.1, -0.05) is 71.3 Å². The highest BCUT2D eigenvalue weighted by molar-refractivity contribution is 7.96. The van der Waals surface area contributed by atoms with Gasteiger partial charge >= 0.3 is 0 Å². The number of hydrogen-bond donors (Lipinski definition) is 0. The minimum atomic E-state index is -3.82. The molecule has 0 saturated heterocycles. The molecule has 0 aliphatic heterocycles. The maximum Gasteiger partial charge on any atom is 0.183 e. The molecule has 0 aromatic heterocycles. The summed E-state index contributed by atoms with van der Waals surface area (Å²) in [6, 6.07) is 20.6. The van der Waals surface area contributed by atoms with E-state index in [1.165, 1.54) is 0 Å². The van der Waals surface area contributed by atoms with Crippen molar-refractivity contribution < 1.29 is 16.8 Å². The second-order valence-electron chi connectivity index (χ2n) is 8.16. The van der Waals surface area contributed by atoms with Crippen LogP contribution in [0.2, 0.25) is 5.02 Å². The molecule has 3 atom stereocenters. The van der Waals surface area contributed by atoms with Crippen molar-refractivity contribution in [2.75, 3.05) is 0 Å². The van der Waals surface area contributed by atoms with E-state index in [2.05, 4.69) is 0 Å². The molecule has 1 unspecified atom stereocenters. The van der Waals surface area contributed by atoms with Gasteiger partial charge in [0.05, 0.1) is 21.1 Å². The van der Waals surface area contributed by atoms with Crippen LogP contribution in [0.1, 0.15) is 28.2 Å². The van der Waals surface area contributed by atoms with Crippen molar-refractivity contribution in [1.29, 1.82) is 0 Å². The molecule has 31 heavy (non-hydrogen) atoms. The third-order valence-electron chi connectivity index (χ3n) is 5.76. The van der Waals surface area contributed by atoms with Crippen molar-refractivity contribution >= 4 is 31.3 Å². The zero-order valence-electron chi connectivity index (χ0n) is 17.2. The van der Waals surface area contributed by atoms with Crippen LogP contribution in [0.15, 0.2) is 77.7 Å². The molecule has 1 aliphatic rings. The van der Waals surface area contributed by atoms with Crippen LogP contribution in [-0.4, -0.2) is 27.3 Å². The van der Waals surface area contributed by atoms with E-state index in [1.807, 2.05) is 38.1 Å². The van der Waals surface area contributed by atoms with Gasteiger partial charge in [0.15, 0.2) is 19.7 Å². The zero-order chi connectivity index (χ0) is 22.4. The highest BCUT2D eigenvalue weighted by Gasteiger charge is 2.64. The molecule has 3 aromatic carbocycles. The minimum absolute atomic E-state index is 0.157. The molecule has 0 radical (unpaired) electrons. The second kappa shape index (κ2) is 8.08. The van der Waals surface area contributed by atoms with E-state index >= 15 is 0 Å². The fraction of sp³-hybridized carbons (Fsp3) is 0.250. The standard InChI is InChI=1S/C24H23ClO4S2/c1-16-3-9-19(10-4-16)22-23(30(26,27)15-18-7-11-20(25)12-8-18)24(22)31(28,29)21-13-5-17(2)6-14-21/h3-14,22-24H,15H2,1-2H3/t22-,23-,24?/m1/s1. The van der Waals surface area contributed by atoms with Crippen LogP contribution in [0.4, 0.5) is 0 Å². The van der Waals surface area contributed by atoms with E-state index in [0.717, 1.165) is 16.7 Å². The Kier molecular flexibility index (Phi) is 5.75. The highest BCUT2D eigenvalue weighted by Crippen LogP contribution is 2.53. The van der Waals surface area contributed by atoms with Crippen molar-refractivity contribution in [1.82, 2.24) is 0 Å². The van der Waals surface area contributed by atoms with Gasteiger partial charge in [-0.2, -0.15) is 0 Å². The first-order chi connectivity index (χ1) is 14.6. The number of sulfone groups is 2. The van der Waals surface area contributed by atoms with Gasteiger partial charge in [0.25, 0.3) is 0 Å². The van der Waals surface area contributed by atoms with E-state index in [1.54, 1.807) is 48.5 Å². The average Bonchev–Trinajstić information content (AvgIpc) is 3.48. The molecule has 3 aromatic rings. The number of aryl methyl sites for hydroxylation is 2. The Morgan fingerprint density at radius 1 is 0.710 bits per heavy atom. The van der Waals surface area contributed by atoms with Crippen LogP contribution >= 0.6 is 11.6 Å². The molecule has 1 aliphatic carbocycles. The van der Waals surface area contributed by atoms with Gasteiger partial charge in [-0.05, 0) is 49.2 Å². The summed E-state index contributed by atoms with van der Waals surface area (Å²) in [6.45, 7) is 3.81. The highest BCUT2D eigenvalue weighted by atomic mass is 35.5. The Labute approximate surface area is 188 Å². The Balaban J connectivity index is 1.73. The zero-order valence-corrected chi connectivity index (χ0v) is 19.6. The van der Waals surface area contributed by atoms with E-state index in [-0.39, 0.29) is 10.6 Å². The van der Waals surface area contributed by atoms with Crippen molar-refractivity contribution in [2.45, 2.75) is 40.9 Å². The molecular formula is C24H23ClO4S2. The molecule has 162 valence electrons. The number of halogens is 1. The van der Waals surface area contributed by atoms with Crippen LogP contribution in [0.25, 0.3) is 0 Å². The Morgan fingerprint density at radius 2 is 1.23 bits per heavy atom. The topological polar surface area (TPSA) is 68.3 Å². The van der Waals surface area contributed by atoms with Crippen molar-refractivity contribution in [3.63, 3.8) is 0 Å². The Morgan fingerprint density at radius 3 is 1.77 bits per heavy atom. The summed E-state index contributed by atoms with van der Waals surface area (Å²) in [5.41, 5.74) is 3.29. The van der Waals surface area contributed by atoms with Gasteiger partial charge in [-0.25, -0.2) is 16.8 Å². The third kappa shape index (κ3) is 4.43. The maximum absolute atomic E-state index is 13.4. The lowest BCUT2D eigenvalue weighted by atomic mass is 10.1. The summed E-state index contributed by atoms with van der Waals surface area (Å²) in [7, 11) is -7.55. The molecule has 0 spiro atoms. The summed E-state index contributed by atoms with van der Waals surface area (Å²) in [5, 5.41) is -1.47. The van der Waals surface area contributed by atoms with Gasteiger partial charge in [-0.15, -0.1) is 0 Å². The molecule has 1 saturated carbocycles. The molecule has 0 bridgehead atoms. The molecule has 1 fully saturated rings. The first-order valence-electron chi connectivity index (χ1n) is 9.93. The second-order valence-corrected chi connectivity index (χ2v) is 12.9. The summed E-state index contributed by atoms with van der Waals surface area (Å²) < 4.78 is 53.5. The van der Waals surface area contributed by atoms with E-state index in [0.29, 0.717) is 10.6 Å². The molecule has 0 heterocycles. The molecular weight excluding hydrogens is 452 g/mol.